The summed E-state index contributed by atoms with van der Waals surface area (Å²) in [5, 5.41) is 0. The highest BCUT2D eigenvalue weighted by Crippen LogP contribution is 2.47. The average molecular weight is 273 g/mol. The Morgan fingerprint density at radius 1 is 1.25 bits per heavy atom. The number of carbonyl (C=O) groups excluding carboxylic acids is 1. The SMILES string of the molecule is C=CC12CCC(=O)N1CCc1cc(OC)c(OC)cc12. The van der Waals surface area contributed by atoms with E-state index in [2.05, 4.69) is 6.58 Å². The topological polar surface area (TPSA) is 38.8 Å². The van der Waals surface area contributed by atoms with Crippen molar-refractivity contribution < 1.29 is 14.3 Å². The summed E-state index contributed by atoms with van der Waals surface area (Å²) in [6, 6.07) is 4.03. The third kappa shape index (κ3) is 1.57. The molecule has 4 nitrogen and oxygen atoms in total. The number of amides is 1. The first-order chi connectivity index (χ1) is 9.66. The first-order valence-electron chi connectivity index (χ1n) is 6.85. The number of nitrogens with zero attached hydrogens (tertiary/aromatic N) is 1. The Morgan fingerprint density at radius 3 is 2.60 bits per heavy atom. The highest BCUT2D eigenvalue weighted by Gasteiger charge is 2.47. The molecule has 3 rings (SSSR count). The van der Waals surface area contributed by atoms with Gasteiger partial charge in [0.25, 0.3) is 0 Å². The van der Waals surface area contributed by atoms with Gasteiger partial charge in [-0.3, -0.25) is 4.79 Å². The van der Waals surface area contributed by atoms with Crippen LogP contribution in [0.15, 0.2) is 24.8 Å². The van der Waals surface area contributed by atoms with E-state index in [1.54, 1.807) is 14.2 Å². The van der Waals surface area contributed by atoms with E-state index in [1.807, 2.05) is 23.1 Å². The van der Waals surface area contributed by atoms with Crippen LogP contribution in [0, 0.1) is 0 Å². The molecule has 0 radical (unpaired) electrons. The Hall–Kier alpha value is -1.97. The largest absolute Gasteiger partial charge is 0.493 e. The summed E-state index contributed by atoms with van der Waals surface area (Å²) in [6.45, 7) is 4.73. The zero-order valence-corrected chi connectivity index (χ0v) is 11.9. The number of fused-ring (bicyclic) bond motifs is 3. The zero-order chi connectivity index (χ0) is 14.3. The maximum Gasteiger partial charge on any atom is 0.223 e. The number of benzene rings is 1. The van der Waals surface area contributed by atoms with E-state index in [1.165, 1.54) is 5.56 Å². The Bertz CT molecular complexity index is 581. The van der Waals surface area contributed by atoms with Gasteiger partial charge in [-0.1, -0.05) is 6.08 Å². The smallest absolute Gasteiger partial charge is 0.223 e. The number of methoxy groups -OCH3 is 2. The number of rotatable bonds is 3. The molecule has 0 N–H and O–H groups in total. The molecule has 1 fully saturated rings. The van der Waals surface area contributed by atoms with Gasteiger partial charge in [0.15, 0.2) is 11.5 Å². The minimum Gasteiger partial charge on any atom is -0.493 e. The fraction of sp³-hybridized carbons (Fsp3) is 0.438. The Labute approximate surface area is 119 Å². The quantitative estimate of drug-likeness (QED) is 0.793. The maximum absolute atomic E-state index is 12.1. The van der Waals surface area contributed by atoms with Crippen molar-refractivity contribution in [3.63, 3.8) is 0 Å². The second kappa shape index (κ2) is 4.54. The van der Waals surface area contributed by atoms with E-state index >= 15 is 0 Å². The van der Waals surface area contributed by atoms with Crippen molar-refractivity contribution in [3.05, 3.63) is 35.9 Å². The van der Waals surface area contributed by atoms with Gasteiger partial charge in [-0.2, -0.15) is 0 Å². The molecule has 1 aromatic carbocycles. The lowest BCUT2D eigenvalue weighted by atomic mass is 9.80. The Kier molecular flexibility index (Phi) is 2.96. The summed E-state index contributed by atoms with van der Waals surface area (Å²) in [7, 11) is 3.27. The van der Waals surface area contributed by atoms with Crippen molar-refractivity contribution >= 4 is 5.91 Å². The summed E-state index contributed by atoms with van der Waals surface area (Å²) in [6.07, 6.45) is 4.12. The van der Waals surface area contributed by atoms with Crippen LogP contribution in [0.1, 0.15) is 24.0 Å². The van der Waals surface area contributed by atoms with Crippen molar-refractivity contribution in [1.29, 1.82) is 0 Å². The summed E-state index contributed by atoms with van der Waals surface area (Å²) in [4.78, 5) is 14.0. The second-order valence-corrected chi connectivity index (χ2v) is 5.29. The lowest BCUT2D eigenvalue weighted by Gasteiger charge is -2.42. The van der Waals surface area contributed by atoms with Gasteiger partial charge in [-0.25, -0.2) is 0 Å². The molecule has 0 spiro atoms. The molecule has 1 saturated heterocycles. The standard InChI is InChI=1S/C16H19NO3/c1-4-16-7-5-15(18)17(16)8-6-11-9-13(19-2)14(20-3)10-12(11)16/h4,9-10H,1,5-8H2,2-3H3. The highest BCUT2D eigenvalue weighted by molar-refractivity contribution is 5.81. The van der Waals surface area contributed by atoms with Gasteiger partial charge in [0.05, 0.1) is 19.8 Å². The van der Waals surface area contributed by atoms with E-state index < -0.39 is 0 Å². The van der Waals surface area contributed by atoms with Crippen LogP contribution >= 0.6 is 0 Å². The van der Waals surface area contributed by atoms with Crippen LogP contribution in [0.5, 0.6) is 11.5 Å². The van der Waals surface area contributed by atoms with Crippen molar-refractivity contribution in [1.82, 2.24) is 4.90 Å². The molecular formula is C16H19NO3. The molecular weight excluding hydrogens is 254 g/mol. The van der Waals surface area contributed by atoms with Crippen molar-refractivity contribution in [2.45, 2.75) is 24.8 Å². The van der Waals surface area contributed by atoms with Gasteiger partial charge >= 0.3 is 0 Å². The van der Waals surface area contributed by atoms with Crippen LogP contribution in [0.3, 0.4) is 0 Å². The molecule has 4 heteroatoms. The zero-order valence-electron chi connectivity index (χ0n) is 11.9. The van der Waals surface area contributed by atoms with Crippen LogP contribution in [0.25, 0.3) is 0 Å². The van der Waals surface area contributed by atoms with Gasteiger partial charge in [0, 0.05) is 13.0 Å². The first kappa shape index (κ1) is 13.0. The van der Waals surface area contributed by atoms with Crippen molar-refractivity contribution in [3.8, 4) is 11.5 Å². The number of hydrogen-bond donors (Lipinski definition) is 0. The van der Waals surface area contributed by atoms with Crippen LogP contribution in [0.2, 0.25) is 0 Å². The Morgan fingerprint density at radius 2 is 1.95 bits per heavy atom. The van der Waals surface area contributed by atoms with E-state index in [0.29, 0.717) is 12.2 Å². The molecule has 106 valence electrons. The number of carbonyl (C=O) groups is 1. The summed E-state index contributed by atoms with van der Waals surface area (Å²) < 4.78 is 10.8. The fourth-order valence-electron chi connectivity index (χ4n) is 3.48. The number of hydrogen-bond acceptors (Lipinski definition) is 3. The summed E-state index contributed by atoms with van der Waals surface area (Å²) in [5.74, 6) is 1.65. The van der Waals surface area contributed by atoms with Crippen LogP contribution in [-0.2, 0) is 16.8 Å². The van der Waals surface area contributed by atoms with Crippen LogP contribution < -0.4 is 9.47 Å². The molecule has 0 aromatic heterocycles. The normalized spacial score (nSPS) is 24.1. The average Bonchev–Trinajstić information content (AvgIpc) is 2.83. The highest BCUT2D eigenvalue weighted by atomic mass is 16.5. The molecule has 2 aliphatic rings. The van der Waals surface area contributed by atoms with Gasteiger partial charge in [-0.05, 0) is 36.1 Å². The second-order valence-electron chi connectivity index (χ2n) is 5.29. The third-order valence-corrected chi connectivity index (χ3v) is 4.52. The molecule has 0 aliphatic carbocycles. The predicted octanol–water partition coefficient (Wildman–Crippen LogP) is 2.26. The predicted molar refractivity (Wildman–Crippen MR) is 76.1 cm³/mol. The van der Waals surface area contributed by atoms with E-state index in [-0.39, 0.29) is 11.4 Å². The molecule has 20 heavy (non-hydrogen) atoms. The summed E-state index contributed by atoms with van der Waals surface area (Å²) >= 11 is 0. The summed E-state index contributed by atoms with van der Waals surface area (Å²) in [5.41, 5.74) is 1.97. The molecule has 2 heterocycles. The maximum atomic E-state index is 12.1. The van der Waals surface area contributed by atoms with E-state index in [9.17, 15) is 4.79 Å². The molecule has 1 atom stereocenters. The van der Waals surface area contributed by atoms with Crippen LogP contribution in [0.4, 0.5) is 0 Å². The molecule has 0 saturated carbocycles. The molecule has 2 aliphatic heterocycles. The minimum absolute atomic E-state index is 0.213. The number of ether oxygens (including phenoxy) is 2. The first-order valence-corrected chi connectivity index (χ1v) is 6.85. The van der Waals surface area contributed by atoms with Gasteiger partial charge in [0.1, 0.15) is 0 Å². The van der Waals surface area contributed by atoms with Gasteiger partial charge < -0.3 is 14.4 Å². The van der Waals surface area contributed by atoms with E-state index in [0.717, 1.165) is 30.7 Å². The van der Waals surface area contributed by atoms with Gasteiger partial charge in [0.2, 0.25) is 5.91 Å². The monoisotopic (exact) mass is 273 g/mol. The Balaban J connectivity index is 2.20. The van der Waals surface area contributed by atoms with Crippen LogP contribution in [-0.4, -0.2) is 31.6 Å². The lowest BCUT2D eigenvalue weighted by Crippen LogP contribution is -2.46. The van der Waals surface area contributed by atoms with Gasteiger partial charge in [-0.15, -0.1) is 6.58 Å². The lowest BCUT2D eigenvalue weighted by molar-refractivity contribution is -0.130. The molecule has 0 bridgehead atoms. The fourth-order valence-corrected chi connectivity index (χ4v) is 3.48. The van der Waals surface area contributed by atoms with E-state index in [4.69, 9.17) is 9.47 Å². The minimum atomic E-state index is -0.371. The third-order valence-electron chi connectivity index (χ3n) is 4.52. The molecule has 1 aromatic rings. The van der Waals surface area contributed by atoms with Crippen molar-refractivity contribution in [2.24, 2.45) is 0 Å². The molecule has 1 unspecified atom stereocenters. The van der Waals surface area contributed by atoms with Crippen molar-refractivity contribution in [2.75, 3.05) is 20.8 Å². The molecule has 1 amide bonds.